The minimum Gasteiger partial charge on any atom is -0.454 e. The molecule has 0 fully saturated rings. The summed E-state index contributed by atoms with van der Waals surface area (Å²) >= 11 is 0. The van der Waals surface area contributed by atoms with Crippen molar-refractivity contribution >= 4 is 18.3 Å². The Hall–Kier alpha value is -1.46. The highest BCUT2D eigenvalue weighted by Crippen LogP contribution is 2.32. The Morgan fingerprint density at radius 3 is 2.84 bits per heavy atom. The predicted octanol–water partition coefficient (Wildman–Crippen LogP) is 1.56. The molecule has 0 saturated carbocycles. The van der Waals surface area contributed by atoms with Crippen LogP contribution in [0.25, 0.3) is 0 Å². The molecule has 0 spiro atoms. The first-order chi connectivity index (χ1) is 8.70. The van der Waals surface area contributed by atoms with E-state index in [9.17, 15) is 4.79 Å². The number of rotatable bonds is 5. The minimum atomic E-state index is -0.0990. The van der Waals surface area contributed by atoms with Crippen LogP contribution < -0.4 is 20.1 Å². The molecule has 0 radical (unpaired) electrons. The van der Waals surface area contributed by atoms with Crippen molar-refractivity contribution in [2.45, 2.75) is 19.9 Å². The maximum absolute atomic E-state index is 11.9. The van der Waals surface area contributed by atoms with E-state index in [2.05, 4.69) is 10.6 Å². The van der Waals surface area contributed by atoms with Gasteiger partial charge in [0.2, 0.25) is 6.79 Å². The number of ether oxygens (including phenoxy) is 2. The predicted molar refractivity (Wildman–Crippen MR) is 75.3 cm³/mol. The van der Waals surface area contributed by atoms with E-state index in [1.54, 1.807) is 18.2 Å². The summed E-state index contributed by atoms with van der Waals surface area (Å²) in [5, 5.41) is 6.11. The third kappa shape index (κ3) is 4.01. The second kappa shape index (κ2) is 7.21. The van der Waals surface area contributed by atoms with Crippen molar-refractivity contribution in [3.05, 3.63) is 23.8 Å². The zero-order valence-corrected chi connectivity index (χ0v) is 11.9. The normalized spacial score (nSPS) is 13.6. The average Bonchev–Trinajstić information content (AvgIpc) is 2.83. The molecule has 1 aromatic carbocycles. The number of halogens is 1. The van der Waals surface area contributed by atoms with Crippen LogP contribution in [0.1, 0.15) is 24.2 Å². The smallest absolute Gasteiger partial charge is 0.251 e. The van der Waals surface area contributed by atoms with Crippen LogP contribution in [0.2, 0.25) is 0 Å². The molecule has 1 aliphatic heterocycles. The SMILES string of the molecule is CCN[C@H](C)CNC(=O)c1ccc2c(c1)OCO2.Cl. The molecule has 1 atom stereocenters. The summed E-state index contributed by atoms with van der Waals surface area (Å²) in [4.78, 5) is 11.9. The van der Waals surface area contributed by atoms with E-state index >= 15 is 0 Å². The Morgan fingerprint density at radius 2 is 2.11 bits per heavy atom. The second-order valence-electron chi connectivity index (χ2n) is 4.24. The van der Waals surface area contributed by atoms with Crippen LogP contribution in [-0.4, -0.2) is 31.8 Å². The molecule has 2 N–H and O–H groups in total. The van der Waals surface area contributed by atoms with E-state index in [-0.39, 0.29) is 31.1 Å². The van der Waals surface area contributed by atoms with Crippen molar-refractivity contribution in [3.8, 4) is 11.5 Å². The van der Waals surface area contributed by atoms with Crippen molar-refractivity contribution in [1.82, 2.24) is 10.6 Å². The van der Waals surface area contributed by atoms with E-state index in [0.717, 1.165) is 6.54 Å². The maximum Gasteiger partial charge on any atom is 0.251 e. The van der Waals surface area contributed by atoms with E-state index in [0.29, 0.717) is 23.6 Å². The van der Waals surface area contributed by atoms with Gasteiger partial charge in [0.1, 0.15) is 0 Å². The first-order valence-electron chi connectivity index (χ1n) is 6.12. The zero-order valence-electron chi connectivity index (χ0n) is 11.1. The van der Waals surface area contributed by atoms with Gasteiger partial charge in [-0.15, -0.1) is 12.4 Å². The van der Waals surface area contributed by atoms with Crippen LogP contribution in [-0.2, 0) is 0 Å². The van der Waals surface area contributed by atoms with Gasteiger partial charge in [0.05, 0.1) is 0 Å². The van der Waals surface area contributed by atoms with Gasteiger partial charge in [0, 0.05) is 18.2 Å². The molecular weight excluding hydrogens is 268 g/mol. The minimum absolute atomic E-state index is 0. The number of amides is 1. The van der Waals surface area contributed by atoms with Crippen molar-refractivity contribution in [2.24, 2.45) is 0 Å². The first-order valence-corrected chi connectivity index (χ1v) is 6.12. The topological polar surface area (TPSA) is 59.6 Å². The summed E-state index contributed by atoms with van der Waals surface area (Å²) in [5.74, 6) is 1.22. The van der Waals surface area contributed by atoms with E-state index in [1.807, 2.05) is 13.8 Å². The lowest BCUT2D eigenvalue weighted by Gasteiger charge is -2.13. The van der Waals surface area contributed by atoms with Crippen LogP contribution in [0.4, 0.5) is 0 Å². The molecular formula is C13H19ClN2O3. The first kappa shape index (κ1) is 15.6. The molecule has 1 aromatic rings. The van der Waals surface area contributed by atoms with E-state index in [4.69, 9.17) is 9.47 Å². The quantitative estimate of drug-likeness (QED) is 0.862. The van der Waals surface area contributed by atoms with E-state index < -0.39 is 0 Å². The van der Waals surface area contributed by atoms with Gasteiger partial charge in [-0.1, -0.05) is 6.92 Å². The number of nitrogens with one attached hydrogen (secondary N) is 2. The standard InChI is InChI=1S/C13H18N2O3.ClH/c1-3-14-9(2)7-15-13(16)10-4-5-11-12(6-10)18-8-17-11;/h4-6,9,14H,3,7-8H2,1-2H3,(H,15,16);1H/t9-;/m1./s1. The van der Waals surface area contributed by atoms with Gasteiger partial charge in [0.15, 0.2) is 11.5 Å². The molecule has 1 heterocycles. The number of carbonyl (C=O) groups is 1. The Kier molecular flexibility index (Phi) is 5.92. The maximum atomic E-state index is 11.9. The summed E-state index contributed by atoms with van der Waals surface area (Å²) in [6.45, 7) is 5.78. The lowest BCUT2D eigenvalue weighted by molar-refractivity contribution is 0.0950. The number of carbonyl (C=O) groups excluding carboxylic acids is 1. The fourth-order valence-corrected chi connectivity index (χ4v) is 1.81. The molecule has 1 amide bonds. The zero-order chi connectivity index (χ0) is 13.0. The monoisotopic (exact) mass is 286 g/mol. The molecule has 1 aliphatic rings. The van der Waals surface area contributed by atoms with Crippen LogP contribution in [0.5, 0.6) is 11.5 Å². The lowest BCUT2D eigenvalue weighted by Crippen LogP contribution is -2.38. The number of likely N-dealkylation sites (N-methyl/N-ethyl adjacent to an activating group) is 1. The molecule has 0 aromatic heterocycles. The molecule has 0 unspecified atom stereocenters. The van der Waals surface area contributed by atoms with Crippen LogP contribution in [0.15, 0.2) is 18.2 Å². The Morgan fingerprint density at radius 1 is 1.37 bits per heavy atom. The van der Waals surface area contributed by atoms with Crippen LogP contribution >= 0.6 is 12.4 Å². The highest BCUT2D eigenvalue weighted by atomic mass is 35.5. The van der Waals surface area contributed by atoms with Gasteiger partial charge in [0.25, 0.3) is 5.91 Å². The largest absolute Gasteiger partial charge is 0.454 e. The van der Waals surface area contributed by atoms with Gasteiger partial charge in [-0.05, 0) is 31.7 Å². The number of fused-ring (bicyclic) bond motifs is 1. The number of hydrogen-bond acceptors (Lipinski definition) is 4. The second-order valence-corrected chi connectivity index (χ2v) is 4.24. The molecule has 0 bridgehead atoms. The fraction of sp³-hybridized carbons (Fsp3) is 0.462. The number of benzene rings is 1. The lowest BCUT2D eigenvalue weighted by atomic mass is 10.2. The molecule has 6 heteroatoms. The Balaban J connectivity index is 0.00000180. The molecule has 19 heavy (non-hydrogen) atoms. The molecule has 106 valence electrons. The Bertz CT molecular complexity index is 440. The highest BCUT2D eigenvalue weighted by molar-refractivity contribution is 5.94. The summed E-state index contributed by atoms with van der Waals surface area (Å²) in [6, 6.07) is 5.45. The van der Waals surface area contributed by atoms with Gasteiger partial charge >= 0.3 is 0 Å². The summed E-state index contributed by atoms with van der Waals surface area (Å²) < 4.78 is 10.4. The van der Waals surface area contributed by atoms with Gasteiger partial charge in [-0.25, -0.2) is 0 Å². The fourth-order valence-electron chi connectivity index (χ4n) is 1.81. The van der Waals surface area contributed by atoms with Crippen molar-refractivity contribution < 1.29 is 14.3 Å². The van der Waals surface area contributed by atoms with Gasteiger partial charge < -0.3 is 20.1 Å². The Labute approximate surface area is 119 Å². The third-order valence-corrected chi connectivity index (χ3v) is 2.76. The summed E-state index contributed by atoms with van der Waals surface area (Å²) in [6.07, 6.45) is 0. The third-order valence-electron chi connectivity index (χ3n) is 2.76. The average molecular weight is 287 g/mol. The molecule has 0 aliphatic carbocycles. The summed E-state index contributed by atoms with van der Waals surface area (Å²) in [5.41, 5.74) is 0.586. The van der Waals surface area contributed by atoms with Crippen LogP contribution in [0, 0.1) is 0 Å². The molecule has 0 saturated heterocycles. The molecule has 5 nitrogen and oxygen atoms in total. The van der Waals surface area contributed by atoms with Crippen molar-refractivity contribution in [2.75, 3.05) is 19.9 Å². The van der Waals surface area contributed by atoms with Gasteiger partial charge in [-0.2, -0.15) is 0 Å². The summed E-state index contributed by atoms with van der Waals surface area (Å²) in [7, 11) is 0. The number of hydrogen-bond donors (Lipinski definition) is 2. The van der Waals surface area contributed by atoms with E-state index in [1.165, 1.54) is 0 Å². The van der Waals surface area contributed by atoms with Crippen LogP contribution in [0.3, 0.4) is 0 Å². The highest BCUT2D eigenvalue weighted by Gasteiger charge is 2.16. The van der Waals surface area contributed by atoms with Crippen molar-refractivity contribution in [1.29, 1.82) is 0 Å². The van der Waals surface area contributed by atoms with Gasteiger partial charge in [-0.3, -0.25) is 4.79 Å². The molecule has 2 rings (SSSR count). The van der Waals surface area contributed by atoms with Crippen molar-refractivity contribution in [3.63, 3.8) is 0 Å².